The summed E-state index contributed by atoms with van der Waals surface area (Å²) in [6, 6.07) is 9.43. The lowest BCUT2D eigenvalue weighted by Gasteiger charge is -2.06. The summed E-state index contributed by atoms with van der Waals surface area (Å²) in [6.45, 7) is 0.603. The number of rotatable bonds is 6. The molecule has 0 saturated heterocycles. The molecule has 2 rings (SSSR count). The number of carbonyl (C=O) groups is 1. The molecule has 1 aromatic heterocycles. The third-order valence-corrected chi connectivity index (χ3v) is 2.67. The van der Waals surface area contributed by atoms with E-state index in [0.717, 1.165) is 17.8 Å². The number of ether oxygens (including phenoxy) is 1. The minimum absolute atomic E-state index is 0.00360. The molecule has 1 aromatic carbocycles. The highest BCUT2D eigenvalue weighted by Gasteiger charge is 2.02. The van der Waals surface area contributed by atoms with Gasteiger partial charge in [0.1, 0.15) is 0 Å². The van der Waals surface area contributed by atoms with Gasteiger partial charge >= 0.3 is 0 Å². The first-order valence-electron chi connectivity index (χ1n) is 6.18. The van der Waals surface area contributed by atoms with Crippen LogP contribution in [0, 0.1) is 0 Å². The van der Waals surface area contributed by atoms with Gasteiger partial charge in [0, 0.05) is 38.2 Å². The molecule has 1 heterocycles. The lowest BCUT2D eigenvalue weighted by atomic mass is 10.2. The zero-order valence-electron chi connectivity index (χ0n) is 10.9. The SMILES string of the molecule is COCCCC(=O)Nc1ccc(-n2cccn2)cc1. The Bertz CT molecular complexity index is 506. The van der Waals surface area contributed by atoms with Crippen molar-refractivity contribution < 1.29 is 9.53 Å². The summed E-state index contributed by atoms with van der Waals surface area (Å²) in [5.41, 5.74) is 1.75. The first-order valence-corrected chi connectivity index (χ1v) is 6.18. The van der Waals surface area contributed by atoms with Crippen molar-refractivity contribution in [1.29, 1.82) is 0 Å². The van der Waals surface area contributed by atoms with E-state index in [0.29, 0.717) is 13.0 Å². The summed E-state index contributed by atoms with van der Waals surface area (Å²) < 4.78 is 6.68. The molecule has 0 saturated carbocycles. The fourth-order valence-electron chi connectivity index (χ4n) is 1.72. The third-order valence-electron chi connectivity index (χ3n) is 2.67. The molecule has 0 spiro atoms. The van der Waals surface area contributed by atoms with E-state index in [1.807, 2.05) is 36.5 Å². The summed E-state index contributed by atoms with van der Waals surface area (Å²) in [4.78, 5) is 11.6. The Kier molecular flexibility index (Phi) is 4.69. The van der Waals surface area contributed by atoms with Crippen molar-refractivity contribution in [3.05, 3.63) is 42.7 Å². The van der Waals surface area contributed by atoms with Crippen molar-refractivity contribution in [2.24, 2.45) is 0 Å². The predicted molar refractivity (Wildman–Crippen MR) is 73.3 cm³/mol. The number of benzene rings is 1. The van der Waals surface area contributed by atoms with E-state index < -0.39 is 0 Å². The van der Waals surface area contributed by atoms with E-state index in [9.17, 15) is 4.79 Å². The van der Waals surface area contributed by atoms with Crippen LogP contribution in [-0.2, 0) is 9.53 Å². The second-order valence-corrected chi connectivity index (χ2v) is 4.14. The van der Waals surface area contributed by atoms with Crippen molar-refractivity contribution >= 4 is 11.6 Å². The molecular formula is C14H17N3O2. The number of carbonyl (C=O) groups excluding carboxylic acids is 1. The van der Waals surface area contributed by atoms with Crippen LogP contribution in [0.4, 0.5) is 5.69 Å². The van der Waals surface area contributed by atoms with Gasteiger partial charge in [0.05, 0.1) is 5.69 Å². The number of nitrogens with one attached hydrogen (secondary N) is 1. The monoisotopic (exact) mass is 259 g/mol. The van der Waals surface area contributed by atoms with Crippen molar-refractivity contribution in [3.8, 4) is 5.69 Å². The molecule has 5 nitrogen and oxygen atoms in total. The van der Waals surface area contributed by atoms with E-state index in [-0.39, 0.29) is 5.91 Å². The normalized spacial score (nSPS) is 10.4. The second kappa shape index (κ2) is 6.70. The Morgan fingerprint density at radius 3 is 2.79 bits per heavy atom. The van der Waals surface area contributed by atoms with Crippen LogP contribution in [0.3, 0.4) is 0 Å². The topological polar surface area (TPSA) is 56.1 Å². The lowest BCUT2D eigenvalue weighted by Crippen LogP contribution is -2.12. The summed E-state index contributed by atoms with van der Waals surface area (Å²) in [5, 5.41) is 6.99. The number of hydrogen-bond acceptors (Lipinski definition) is 3. The van der Waals surface area contributed by atoms with Gasteiger partial charge in [-0.15, -0.1) is 0 Å². The Labute approximate surface area is 112 Å². The molecule has 0 unspecified atom stereocenters. The van der Waals surface area contributed by atoms with Crippen LogP contribution in [0.5, 0.6) is 0 Å². The van der Waals surface area contributed by atoms with Gasteiger partial charge in [-0.2, -0.15) is 5.10 Å². The number of hydrogen-bond donors (Lipinski definition) is 1. The van der Waals surface area contributed by atoms with Gasteiger partial charge in [-0.25, -0.2) is 4.68 Å². The van der Waals surface area contributed by atoms with Crippen molar-refractivity contribution in [2.75, 3.05) is 19.0 Å². The largest absolute Gasteiger partial charge is 0.385 e. The maximum absolute atomic E-state index is 11.6. The molecular weight excluding hydrogens is 242 g/mol. The quantitative estimate of drug-likeness (QED) is 0.809. The molecule has 1 N–H and O–H groups in total. The highest BCUT2D eigenvalue weighted by molar-refractivity contribution is 5.90. The smallest absolute Gasteiger partial charge is 0.224 e. The standard InChI is InChI=1S/C14H17N3O2/c1-19-11-2-4-14(18)16-12-5-7-13(8-6-12)17-10-3-9-15-17/h3,5-10H,2,4,11H2,1H3,(H,16,18). The van der Waals surface area contributed by atoms with E-state index in [4.69, 9.17) is 4.74 Å². The zero-order chi connectivity index (χ0) is 13.5. The zero-order valence-corrected chi connectivity index (χ0v) is 10.9. The van der Waals surface area contributed by atoms with Gasteiger partial charge in [-0.1, -0.05) is 0 Å². The summed E-state index contributed by atoms with van der Waals surface area (Å²) in [5.74, 6) is 0.00360. The number of amides is 1. The van der Waals surface area contributed by atoms with Gasteiger partial charge in [0.25, 0.3) is 0 Å². The average molecular weight is 259 g/mol. The predicted octanol–water partition coefficient (Wildman–Crippen LogP) is 2.24. The second-order valence-electron chi connectivity index (χ2n) is 4.14. The van der Waals surface area contributed by atoms with Gasteiger partial charge < -0.3 is 10.1 Å². The molecule has 0 fully saturated rings. The molecule has 0 aliphatic heterocycles. The van der Waals surface area contributed by atoms with Gasteiger partial charge in [0.2, 0.25) is 5.91 Å². The van der Waals surface area contributed by atoms with Crippen LogP contribution in [0.1, 0.15) is 12.8 Å². The van der Waals surface area contributed by atoms with Gasteiger partial charge in [-0.05, 0) is 36.8 Å². The Hall–Kier alpha value is -2.14. The fourth-order valence-corrected chi connectivity index (χ4v) is 1.72. The number of anilines is 1. The lowest BCUT2D eigenvalue weighted by molar-refractivity contribution is -0.116. The maximum atomic E-state index is 11.6. The van der Waals surface area contributed by atoms with Crippen LogP contribution >= 0.6 is 0 Å². The fraction of sp³-hybridized carbons (Fsp3) is 0.286. The molecule has 0 aliphatic carbocycles. The Balaban J connectivity index is 1.90. The van der Waals surface area contributed by atoms with Crippen LogP contribution in [0.15, 0.2) is 42.7 Å². The van der Waals surface area contributed by atoms with Crippen LogP contribution in [0.2, 0.25) is 0 Å². The molecule has 2 aromatic rings. The molecule has 5 heteroatoms. The van der Waals surface area contributed by atoms with E-state index in [1.165, 1.54) is 0 Å². The number of aromatic nitrogens is 2. The summed E-state index contributed by atoms with van der Waals surface area (Å²) in [7, 11) is 1.63. The minimum atomic E-state index is 0.00360. The first kappa shape index (κ1) is 13.3. The molecule has 0 atom stereocenters. The molecule has 1 amide bonds. The van der Waals surface area contributed by atoms with Gasteiger partial charge in [0.15, 0.2) is 0 Å². The molecule has 0 aliphatic rings. The highest BCUT2D eigenvalue weighted by Crippen LogP contribution is 2.12. The average Bonchev–Trinajstić information content (AvgIpc) is 2.94. The number of nitrogens with zero attached hydrogens (tertiary/aromatic N) is 2. The minimum Gasteiger partial charge on any atom is -0.385 e. The van der Waals surface area contributed by atoms with E-state index >= 15 is 0 Å². The molecule has 19 heavy (non-hydrogen) atoms. The van der Waals surface area contributed by atoms with Crippen molar-refractivity contribution in [2.45, 2.75) is 12.8 Å². The summed E-state index contributed by atoms with van der Waals surface area (Å²) >= 11 is 0. The van der Waals surface area contributed by atoms with E-state index in [1.54, 1.807) is 18.0 Å². The molecule has 0 bridgehead atoms. The summed E-state index contributed by atoms with van der Waals surface area (Å²) in [6.07, 6.45) is 4.80. The first-order chi connectivity index (χ1) is 9.29. The molecule has 100 valence electrons. The number of methoxy groups -OCH3 is 1. The van der Waals surface area contributed by atoms with Crippen LogP contribution < -0.4 is 5.32 Å². The maximum Gasteiger partial charge on any atom is 0.224 e. The Morgan fingerprint density at radius 2 is 2.16 bits per heavy atom. The Morgan fingerprint density at radius 1 is 1.37 bits per heavy atom. The van der Waals surface area contributed by atoms with Crippen LogP contribution in [-0.4, -0.2) is 29.4 Å². The van der Waals surface area contributed by atoms with Crippen LogP contribution in [0.25, 0.3) is 5.69 Å². The highest BCUT2D eigenvalue weighted by atomic mass is 16.5. The van der Waals surface area contributed by atoms with E-state index in [2.05, 4.69) is 10.4 Å². The third kappa shape index (κ3) is 3.93. The van der Waals surface area contributed by atoms with Crippen molar-refractivity contribution in [3.63, 3.8) is 0 Å². The van der Waals surface area contributed by atoms with Gasteiger partial charge in [-0.3, -0.25) is 4.79 Å². The molecule has 0 radical (unpaired) electrons. The van der Waals surface area contributed by atoms with Crippen molar-refractivity contribution in [1.82, 2.24) is 9.78 Å².